The van der Waals surface area contributed by atoms with E-state index in [1.54, 1.807) is 6.92 Å². The Hall–Kier alpha value is -1.12. The molecular formula is C11H15NO2. The number of aromatic nitrogens is 1. The van der Waals surface area contributed by atoms with Gasteiger partial charge in [-0.15, -0.1) is 0 Å². The van der Waals surface area contributed by atoms with E-state index in [1.165, 1.54) is 0 Å². The molecule has 1 aliphatic carbocycles. The quantitative estimate of drug-likeness (QED) is 0.693. The van der Waals surface area contributed by atoms with Crippen LogP contribution in [0.2, 0.25) is 0 Å². The number of rotatable bonds is 3. The molecule has 0 unspecified atom stereocenters. The second-order valence-electron chi connectivity index (χ2n) is 4.29. The van der Waals surface area contributed by atoms with Crippen LogP contribution in [0.25, 0.3) is 0 Å². The van der Waals surface area contributed by atoms with E-state index in [-0.39, 0.29) is 11.7 Å². The second-order valence-corrected chi connectivity index (χ2v) is 4.29. The Balaban J connectivity index is 2.46. The lowest BCUT2D eigenvalue weighted by atomic mass is 10.00. The van der Waals surface area contributed by atoms with Gasteiger partial charge in [0.05, 0.1) is 11.3 Å². The van der Waals surface area contributed by atoms with Gasteiger partial charge in [-0.25, -0.2) is 0 Å². The molecule has 0 radical (unpaired) electrons. The summed E-state index contributed by atoms with van der Waals surface area (Å²) in [4.78, 5) is 11.5. The normalized spacial score (nSPS) is 16.3. The summed E-state index contributed by atoms with van der Waals surface area (Å²) in [7, 11) is 0. The van der Waals surface area contributed by atoms with E-state index >= 15 is 0 Å². The maximum absolute atomic E-state index is 11.5. The van der Waals surface area contributed by atoms with Crippen molar-refractivity contribution in [3.8, 4) is 0 Å². The summed E-state index contributed by atoms with van der Waals surface area (Å²) in [6.45, 7) is 5.65. The van der Waals surface area contributed by atoms with E-state index in [4.69, 9.17) is 4.52 Å². The molecule has 1 aromatic heterocycles. The van der Waals surface area contributed by atoms with Crippen molar-refractivity contribution in [2.45, 2.75) is 45.4 Å². The number of hydrogen-bond acceptors (Lipinski definition) is 3. The molecule has 0 N–H and O–H groups in total. The van der Waals surface area contributed by atoms with E-state index in [0.29, 0.717) is 5.92 Å². The Labute approximate surface area is 83.5 Å². The first-order valence-corrected chi connectivity index (χ1v) is 5.11. The third kappa shape index (κ3) is 1.47. The molecule has 0 aromatic carbocycles. The first kappa shape index (κ1) is 9.44. The highest BCUT2D eigenvalue weighted by molar-refractivity contribution is 5.96. The highest BCUT2D eigenvalue weighted by Gasteiger charge is 2.34. The second kappa shape index (κ2) is 3.23. The Morgan fingerprint density at radius 3 is 2.57 bits per heavy atom. The van der Waals surface area contributed by atoms with Gasteiger partial charge in [-0.2, -0.15) is 0 Å². The van der Waals surface area contributed by atoms with E-state index in [9.17, 15) is 4.79 Å². The van der Waals surface area contributed by atoms with Gasteiger partial charge in [0, 0.05) is 5.92 Å². The van der Waals surface area contributed by atoms with Crippen molar-refractivity contribution >= 4 is 5.78 Å². The molecule has 0 atom stereocenters. The molecule has 0 saturated heterocycles. The lowest BCUT2D eigenvalue weighted by molar-refractivity contribution is 0.101. The predicted octanol–water partition coefficient (Wildman–Crippen LogP) is 2.88. The lowest BCUT2D eigenvalue weighted by Crippen LogP contribution is -2.01. The highest BCUT2D eigenvalue weighted by Crippen LogP contribution is 2.43. The monoisotopic (exact) mass is 193 g/mol. The first-order chi connectivity index (χ1) is 6.61. The number of ketones is 1. The Morgan fingerprint density at radius 1 is 1.50 bits per heavy atom. The van der Waals surface area contributed by atoms with Crippen LogP contribution in [0.15, 0.2) is 4.52 Å². The van der Waals surface area contributed by atoms with Crippen LogP contribution in [-0.4, -0.2) is 10.9 Å². The largest absolute Gasteiger partial charge is 0.360 e. The van der Waals surface area contributed by atoms with Crippen molar-refractivity contribution in [3.63, 3.8) is 0 Å². The molecule has 76 valence electrons. The molecule has 1 saturated carbocycles. The zero-order valence-electron chi connectivity index (χ0n) is 8.83. The van der Waals surface area contributed by atoms with E-state index in [2.05, 4.69) is 5.16 Å². The molecule has 2 rings (SSSR count). The lowest BCUT2D eigenvalue weighted by Gasteiger charge is -2.01. The fourth-order valence-corrected chi connectivity index (χ4v) is 1.69. The first-order valence-electron chi connectivity index (χ1n) is 5.11. The Morgan fingerprint density at radius 2 is 2.14 bits per heavy atom. The molecule has 3 nitrogen and oxygen atoms in total. The minimum atomic E-state index is 0.0804. The van der Waals surface area contributed by atoms with Gasteiger partial charge >= 0.3 is 0 Å². The number of carbonyl (C=O) groups excluding carboxylic acids is 1. The molecule has 1 heterocycles. The van der Waals surface area contributed by atoms with Crippen molar-refractivity contribution in [3.05, 3.63) is 17.0 Å². The van der Waals surface area contributed by atoms with Crippen molar-refractivity contribution in [1.29, 1.82) is 0 Å². The van der Waals surface area contributed by atoms with Gasteiger partial charge in [-0.05, 0) is 25.7 Å². The maximum atomic E-state index is 11.5. The van der Waals surface area contributed by atoms with Crippen molar-refractivity contribution in [2.75, 3.05) is 0 Å². The summed E-state index contributed by atoms with van der Waals surface area (Å²) in [5.74, 6) is 1.61. The Kier molecular flexibility index (Phi) is 2.17. The van der Waals surface area contributed by atoms with Gasteiger partial charge < -0.3 is 4.52 Å². The summed E-state index contributed by atoms with van der Waals surface area (Å²) >= 11 is 0. The van der Waals surface area contributed by atoms with Gasteiger partial charge in [0.15, 0.2) is 11.5 Å². The van der Waals surface area contributed by atoms with Crippen LogP contribution in [0.4, 0.5) is 0 Å². The molecule has 0 aliphatic heterocycles. The van der Waals surface area contributed by atoms with Crippen LogP contribution >= 0.6 is 0 Å². The summed E-state index contributed by atoms with van der Waals surface area (Å²) in [5, 5.41) is 4.00. The van der Waals surface area contributed by atoms with E-state index in [1.807, 2.05) is 13.8 Å². The van der Waals surface area contributed by atoms with Crippen LogP contribution in [0.5, 0.6) is 0 Å². The average molecular weight is 193 g/mol. The summed E-state index contributed by atoms with van der Waals surface area (Å²) in [6, 6.07) is 0. The van der Waals surface area contributed by atoms with Gasteiger partial charge in [-0.3, -0.25) is 4.79 Å². The minimum absolute atomic E-state index is 0.0804. The van der Waals surface area contributed by atoms with Gasteiger partial charge in [0.1, 0.15) is 0 Å². The topological polar surface area (TPSA) is 43.1 Å². The number of nitrogens with zero attached hydrogens (tertiary/aromatic N) is 1. The number of Topliss-reactive ketones (excluding diaryl/α,β-unsaturated/α-hetero) is 1. The third-order valence-electron chi connectivity index (χ3n) is 2.59. The molecule has 1 aliphatic rings. The van der Waals surface area contributed by atoms with Crippen LogP contribution < -0.4 is 0 Å². The SMILES string of the molecule is CC(=O)c1c(C(C)C)noc1C1CC1. The molecular weight excluding hydrogens is 178 g/mol. The zero-order chi connectivity index (χ0) is 10.3. The van der Waals surface area contributed by atoms with Gasteiger partial charge in [0.25, 0.3) is 0 Å². The molecule has 0 amide bonds. The standard InChI is InChI=1S/C11H15NO2/c1-6(2)10-9(7(3)13)11(14-12-10)8-4-5-8/h6,8H,4-5H2,1-3H3. The summed E-state index contributed by atoms with van der Waals surface area (Å²) < 4.78 is 5.27. The molecule has 14 heavy (non-hydrogen) atoms. The Bertz CT molecular complexity index is 342. The van der Waals surface area contributed by atoms with Crippen molar-refractivity contribution in [2.24, 2.45) is 0 Å². The fraction of sp³-hybridized carbons (Fsp3) is 0.636. The van der Waals surface area contributed by atoms with Crippen LogP contribution in [0.3, 0.4) is 0 Å². The summed E-state index contributed by atoms with van der Waals surface area (Å²) in [5.41, 5.74) is 1.56. The third-order valence-corrected chi connectivity index (χ3v) is 2.59. The van der Waals surface area contributed by atoms with Crippen LogP contribution in [0.1, 0.15) is 67.3 Å². The molecule has 0 spiro atoms. The summed E-state index contributed by atoms with van der Waals surface area (Å²) in [6.07, 6.45) is 2.26. The van der Waals surface area contributed by atoms with Crippen LogP contribution in [-0.2, 0) is 0 Å². The van der Waals surface area contributed by atoms with Crippen molar-refractivity contribution < 1.29 is 9.32 Å². The average Bonchev–Trinajstić information content (AvgIpc) is 2.83. The predicted molar refractivity (Wildman–Crippen MR) is 52.6 cm³/mol. The molecule has 3 heteroatoms. The molecule has 0 bridgehead atoms. The van der Waals surface area contributed by atoms with E-state index in [0.717, 1.165) is 29.9 Å². The fourth-order valence-electron chi connectivity index (χ4n) is 1.69. The number of hydrogen-bond donors (Lipinski definition) is 0. The van der Waals surface area contributed by atoms with Gasteiger partial charge in [0.2, 0.25) is 0 Å². The zero-order valence-corrected chi connectivity index (χ0v) is 8.83. The van der Waals surface area contributed by atoms with E-state index < -0.39 is 0 Å². The molecule has 1 fully saturated rings. The van der Waals surface area contributed by atoms with Gasteiger partial charge in [-0.1, -0.05) is 19.0 Å². The smallest absolute Gasteiger partial charge is 0.165 e. The minimum Gasteiger partial charge on any atom is -0.360 e. The number of carbonyl (C=O) groups is 1. The van der Waals surface area contributed by atoms with Crippen LogP contribution in [0, 0.1) is 0 Å². The highest BCUT2D eigenvalue weighted by atomic mass is 16.5. The van der Waals surface area contributed by atoms with Crippen molar-refractivity contribution in [1.82, 2.24) is 5.16 Å². The maximum Gasteiger partial charge on any atom is 0.165 e. The molecule has 1 aromatic rings.